The molecule has 3 rings (SSSR count). The predicted octanol–water partition coefficient (Wildman–Crippen LogP) is 4.15. The molecule has 1 amide bonds. The van der Waals surface area contributed by atoms with Crippen molar-refractivity contribution in [2.24, 2.45) is 0 Å². The molecule has 6 heteroatoms. The lowest BCUT2D eigenvalue weighted by Gasteiger charge is -2.24. The normalized spacial score (nSPS) is 14.7. The van der Waals surface area contributed by atoms with Gasteiger partial charge in [-0.15, -0.1) is 0 Å². The minimum atomic E-state index is 0.0432. The summed E-state index contributed by atoms with van der Waals surface area (Å²) >= 11 is 12.4. The Kier molecular flexibility index (Phi) is 6.03. The highest BCUT2D eigenvalue weighted by Gasteiger charge is 2.21. The van der Waals surface area contributed by atoms with Crippen LogP contribution in [0.3, 0.4) is 0 Å². The van der Waals surface area contributed by atoms with E-state index in [2.05, 4.69) is 11.0 Å². The Morgan fingerprint density at radius 1 is 1.00 bits per heavy atom. The monoisotopic (exact) mass is 387 g/mol. The summed E-state index contributed by atoms with van der Waals surface area (Å²) in [7, 11) is 0. The second kappa shape index (κ2) is 8.44. The van der Waals surface area contributed by atoms with E-state index in [1.807, 2.05) is 29.2 Å². The van der Waals surface area contributed by atoms with Crippen molar-refractivity contribution in [3.63, 3.8) is 0 Å². The minimum absolute atomic E-state index is 0.0432. The average molecular weight is 388 g/mol. The maximum Gasteiger partial charge on any atom is 0.227 e. The van der Waals surface area contributed by atoms with Crippen LogP contribution in [-0.2, 0) is 11.2 Å². The molecule has 0 spiro atoms. The number of anilines is 1. The summed E-state index contributed by atoms with van der Waals surface area (Å²) in [5.41, 5.74) is 2.42. The van der Waals surface area contributed by atoms with Crippen molar-refractivity contribution in [3.8, 4) is 6.07 Å². The van der Waals surface area contributed by atoms with E-state index in [4.69, 9.17) is 28.5 Å². The van der Waals surface area contributed by atoms with Gasteiger partial charge in [-0.3, -0.25) is 4.79 Å². The molecule has 1 aliphatic rings. The molecule has 0 bridgehead atoms. The summed E-state index contributed by atoms with van der Waals surface area (Å²) in [6.45, 7) is 3.00. The standard InChI is InChI=1S/C20H19Cl2N3O/c21-18-3-1-4-19(22)17(18)13-20(26)25-10-2-9-24(11-12-25)16-7-5-15(14-23)6-8-16/h1,3-8H,2,9-13H2. The number of halogens is 2. The van der Waals surface area contributed by atoms with Gasteiger partial charge >= 0.3 is 0 Å². The van der Waals surface area contributed by atoms with E-state index < -0.39 is 0 Å². The maximum atomic E-state index is 12.7. The van der Waals surface area contributed by atoms with Gasteiger partial charge in [0.25, 0.3) is 0 Å². The van der Waals surface area contributed by atoms with Crippen LogP contribution in [-0.4, -0.2) is 37.0 Å². The lowest BCUT2D eigenvalue weighted by molar-refractivity contribution is -0.130. The number of rotatable bonds is 3. The van der Waals surface area contributed by atoms with Crippen LogP contribution in [0.15, 0.2) is 42.5 Å². The Bertz CT molecular complexity index is 810. The quantitative estimate of drug-likeness (QED) is 0.794. The van der Waals surface area contributed by atoms with E-state index in [0.717, 1.165) is 25.2 Å². The van der Waals surface area contributed by atoms with Crippen molar-refractivity contribution in [2.75, 3.05) is 31.1 Å². The Hall–Kier alpha value is -2.22. The van der Waals surface area contributed by atoms with Crippen molar-refractivity contribution in [2.45, 2.75) is 12.8 Å². The molecule has 0 N–H and O–H groups in total. The van der Waals surface area contributed by atoms with Gasteiger partial charge in [-0.1, -0.05) is 29.3 Å². The van der Waals surface area contributed by atoms with Gasteiger partial charge in [0.1, 0.15) is 0 Å². The largest absolute Gasteiger partial charge is 0.370 e. The molecule has 134 valence electrons. The number of hydrogen-bond donors (Lipinski definition) is 0. The Morgan fingerprint density at radius 3 is 2.35 bits per heavy atom. The molecule has 2 aromatic carbocycles. The number of amides is 1. The van der Waals surface area contributed by atoms with Gasteiger partial charge in [0, 0.05) is 41.9 Å². The van der Waals surface area contributed by atoms with E-state index in [9.17, 15) is 4.79 Å². The van der Waals surface area contributed by atoms with Crippen molar-refractivity contribution >= 4 is 34.8 Å². The molecule has 2 aromatic rings. The van der Waals surface area contributed by atoms with Gasteiger partial charge in [0.15, 0.2) is 0 Å². The van der Waals surface area contributed by atoms with E-state index >= 15 is 0 Å². The highest BCUT2D eigenvalue weighted by atomic mass is 35.5. The van der Waals surface area contributed by atoms with E-state index in [1.54, 1.807) is 18.2 Å². The van der Waals surface area contributed by atoms with Crippen LogP contribution in [0, 0.1) is 11.3 Å². The number of hydrogen-bond acceptors (Lipinski definition) is 3. The van der Waals surface area contributed by atoms with Gasteiger partial charge < -0.3 is 9.80 Å². The van der Waals surface area contributed by atoms with Crippen molar-refractivity contribution < 1.29 is 4.79 Å². The number of carbonyl (C=O) groups is 1. The highest BCUT2D eigenvalue weighted by Crippen LogP contribution is 2.25. The molecule has 1 aliphatic heterocycles. The topological polar surface area (TPSA) is 47.3 Å². The summed E-state index contributed by atoms with van der Waals surface area (Å²) in [6, 6.07) is 15.0. The highest BCUT2D eigenvalue weighted by molar-refractivity contribution is 6.36. The summed E-state index contributed by atoms with van der Waals surface area (Å²) in [5, 5.41) is 9.97. The SMILES string of the molecule is N#Cc1ccc(N2CCCN(C(=O)Cc3c(Cl)cccc3Cl)CC2)cc1. The first-order chi connectivity index (χ1) is 12.6. The van der Waals surface area contributed by atoms with Crippen LogP contribution >= 0.6 is 23.2 Å². The fourth-order valence-electron chi connectivity index (χ4n) is 3.14. The third-order valence-electron chi connectivity index (χ3n) is 4.60. The van der Waals surface area contributed by atoms with Crippen molar-refractivity contribution in [1.29, 1.82) is 5.26 Å². The number of nitrogens with zero attached hydrogens (tertiary/aromatic N) is 3. The molecule has 1 heterocycles. The first-order valence-electron chi connectivity index (χ1n) is 8.54. The van der Waals surface area contributed by atoms with E-state index in [-0.39, 0.29) is 12.3 Å². The fourth-order valence-corrected chi connectivity index (χ4v) is 3.67. The summed E-state index contributed by atoms with van der Waals surface area (Å²) < 4.78 is 0. The van der Waals surface area contributed by atoms with Gasteiger partial charge in [-0.05, 0) is 48.4 Å². The van der Waals surface area contributed by atoms with Crippen LogP contribution in [0.25, 0.3) is 0 Å². The maximum absolute atomic E-state index is 12.7. The minimum Gasteiger partial charge on any atom is -0.370 e. The molecule has 0 saturated carbocycles. The summed E-state index contributed by atoms with van der Waals surface area (Å²) in [6.07, 6.45) is 1.11. The molecular weight excluding hydrogens is 369 g/mol. The van der Waals surface area contributed by atoms with Crippen molar-refractivity contribution in [3.05, 3.63) is 63.6 Å². The Morgan fingerprint density at radius 2 is 1.69 bits per heavy atom. The van der Waals surface area contributed by atoms with Crippen LogP contribution < -0.4 is 4.90 Å². The molecule has 1 fully saturated rings. The number of carbonyl (C=O) groups excluding carboxylic acids is 1. The predicted molar refractivity (Wildman–Crippen MR) is 105 cm³/mol. The van der Waals surface area contributed by atoms with Gasteiger partial charge in [-0.25, -0.2) is 0 Å². The molecule has 1 saturated heterocycles. The van der Waals surface area contributed by atoms with Crippen LogP contribution in [0.1, 0.15) is 17.5 Å². The van der Waals surface area contributed by atoms with Gasteiger partial charge in [-0.2, -0.15) is 5.26 Å². The Labute approximate surface area is 163 Å². The van der Waals surface area contributed by atoms with Crippen molar-refractivity contribution in [1.82, 2.24) is 4.90 Å². The van der Waals surface area contributed by atoms with Gasteiger partial charge in [0.2, 0.25) is 5.91 Å². The Balaban J connectivity index is 1.64. The van der Waals surface area contributed by atoms with Crippen LogP contribution in [0.5, 0.6) is 0 Å². The second-order valence-electron chi connectivity index (χ2n) is 6.26. The molecule has 0 aliphatic carbocycles. The molecule has 0 aromatic heterocycles. The summed E-state index contributed by atoms with van der Waals surface area (Å²) in [4.78, 5) is 16.8. The van der Waals surface area contributed by atoms with Gasteiger partial charge in [0.05, 0.1) is 18.1 Å². The zero-order valence-corrected chi connectivity index (χ0v) is 15.8. The molecule has 4 nitrogen and oxygen atoms in total. The fraction of sp³-hybridized carbons (Fsp3) is 0.300. The molecule has 0 radical (unpaired) electrons. The van der Waals surface area contributed by atoms with E-state index in [1.165, 1.54) is 0 Å². The third kappa shape index (κ3) is 4.30. The first-order valence-corrected chi connectivity index (χ1v) is 9.30. The zero-order valence-electron chi connectivity index (χ0n) is 14.3. The lowest BCUT2D eigenvalue weighted by Crippen LogP contribution is -2.36. The van der Waals surface area contributed by atoms with Crippen LogP contribution in [0.2, 0.25) is 10.0 Å². The molecule has 26 heavy (non-hydrogen) atoms. The number of benzene rings is 2. The second-order valence-corrected chi connectivity index (χ2v) is 7.07. The third-order valence-corrected chi connectivity index (χ3v) is 5.31. The average Bonchev–Trinajstić information content (AvgIpc) is 2.91. The molecule has 0 unspecified atom stereocenters. The van der Waals surface area contributed by atoms with Crippen LogP contribution in [0.4, 0.5) is 5.69 Å². The molecular formula is C20H19Cl2N3O. The first kappa shape index (κ1) is 18.6. The molecule has 0 atom stereocenters. The number of nitriles is 1. The zero-order chi connectivity index (χ0) is 18.5. The van der Waals surface area contributed by atoms with E-state index in [0.29, 0.717) is 34.3 Å². The summed E-state index contributed by atoms with van der Waals surface area (Å²) in [5.74, 6) is 0.0432. The smallest absolute Gasteiger partial charge is 0.227 e. The lowest BCUT2D eigenvalue weighted by atomic mass is 10.1.